The maximum Gasteiger partial charge on any atom is 0.143 e. The van der Waals surface area contributed by atoms with Crippen molar-refractivity contribution >= 4 is 82.9 Å². The fourth-order valence-electron chi connectivity index (χ4n) is 8.76. The van der Waals surface area contributed by atoms with Crippen LogP contribution < -0.4 is 4.90 Å². The molecule has 0 saturated carbocycles. The lowest BCUT2D eigenvalue weighted by Crippen LogP contribution is -2.10. The standard InChI is InChI=1S/C54H33NO3/c1-2-11-35(12-3-1)40-15-9-18-44-46-33-37(27-32-50(46)58-54(40)44)34-23-28-38(29-24-34)55(47-19-10-22-51-52(47)45-14-5-7-21-49(45)56-51)39-30-25-36(26-31-39)41-16-8-17-43-42-13-4-6-20-48(42)57-53(41)43/h1-33H. The zero-order valence-electron chi connectivity index (χ0n) is 31.2. The second-order valence-corrected chi connectivity index (χ2v) is 14.8. The molecule has 4 nitrogen and oxygen atoms in total. The van der Waals surface area contributed by atoms with E-state index in [-0.39, 0.29) is 0 Å². The van der Waals surface area contributed by atoms with E-state index in [1.165, 1.54) is 0 Å². The molecule has 0 radical (unpaired) electrons. The minimum atomic E-state index is 0.851. The van der Waals surface area contributed by atoms with Crippen LogP contribution in [0.3, 0.4) is 0 Å². The zero-order chi connectivity index (χ0) is 38.2. The van der Waals surface area contributed by atoms with Gasteiger partial charge in [-0.05, 0) is 82.9 Å². The van der Waals surface area contributed by atoms with Gasteiger partial charge < -0.3 is 18.2 Å². The maximum atomic E-state index is 6.49. The van der Waals surface area contributed by atoms with Crippen LogP contribution in [0.4, 0.5) is 17.1 Å². The van der Waals surface area contributed by atoms with Gasteiger partial charge in [-0.25, -0.2) is 0 Å². The average molecular weight is 744 g/mol. The summed E-state index contributed by atoms with van der Waals surface area (Å²) in [7, 11) is 0. The largest absolute Gasteiger partial charge is 0.456 e. The summed E-state index contributed by atoms with van der Waals surface area (Å²) >= 11 is 0. The van der Waals surface area contributed by atoms with Crippen molar-refractivity contribution in [1.29, 1.82) is 0 Å². The molecule has 0 atom stereocenters. The van der Waals surface area contributed by atoms with Crippen LogP contribution in [0.15, 0.2) is 213 Å². The van der Waals surface area contributed by atoms with Crippen molar-refractivity contribution in [1.82, 2.24) is 0 Å². The smallest absolute Gasteiger partial charge is 0.143 e. The Labute approximate surface area is 333 Å². The molecule has 0 amide bonds. The molecule has 12 aromatic rings. The first kappa shape index (κ1) is 32.4. The van der Waals surface area contributed by atoms with Crippen molar-refractivity contribution in [3.63, 3.8) is 0 Å². The number of anilines is 3. The van der Waals surface area contributed by atoms with Crippen molar-refractivity contribution in [2.45, 2.75) is 0 Å². The lowest BCUT2D eigenvalue weighted by atomic mass is 9.99. The summed E-state index contributed by atoms with van der Waals surface area (Å²) in [6, 6.07) is 70.2. The number of hydrogen-bond acceptors (Lipinski definition) is 4. The Morgan fingerprint density at radius 1 is 0.293 bits per heavy atom. The van der Waals surface area contributed by atoms with Gasteiger partial charge in [0.15, 0.2) is 0 Å². The van der Waals surface area contributed by atoms with Gasteiger partial charge in [0, 0.05) is 49.4 Å². The average Bonchev–Trinajstić information content (AvgIpc) is 3.99. The molecule has 0 N–H and O–H groups in total. The Bertz CT molecular complexity index is 3500. The topological polar surface area (TPSA) is 42.7 Å². The van der Waals surface area contributed by atoms with E-state index in [4.69, 9.17) is 13.3 Å². The summed E-state index contributed by atoms with van der Waals surface area (Å²) in [5, 5.41) is 6.62. The molecule has 0 bridgehead atoms. The van der Waals surface area contributed by atoms with Crippen molar-refractivity contribution in [3.05, 3.63) is 200 Å². The van der Waals surface area contributed by atoms with Gasteiger partial charge in [-0.3, -0.25) is 0 Å². The van der Waals surface area contributed by atoms with E-state index in [1.807, 2.05) is 30.3 Å². The first-order valence-electron chi connectivity index (χ1n) is 19.6. The van der Waals surface area contributed by atoms with E-state index in [0.717, 1.165) is 116 Å². The van der Waals surface area contributed by atoms with Crippen LogP contribution >= 0.6 is 0 Å². The SMILES string of the molecule is c1ccc(-c2cccc3c2oc2ccc(-c4ccc(N(c5ccc(-c6cccc7c6oc6ccccc67)cc5)c5cccc6oc7ccccc7c56)cc4)cc23)cc1. The second-order valence-electron chi connectivity index (χ2n) is 14.8. The molecule has 0 fully saturated rings. The molecule has 12 rings (SSSR count). The maximum absolute atomic E-state index is 6.49. The number of benzene rings is 9. The fourth-order valence-corrected chi connectivity index (χ4v) is 8.76. The molecule has 272 valence electrons. The van der Waals surface area contributed by atoms with E-state index in [9.17, 15) is 0 Å². The number of nitrogens with zero attached hydrogens (tertiary/aromatic N) is 1. The van der Waals surface area contributed by atoms with Crippen LogP contribution in [0, 0.1) is 0 Å². The fraction of sp³-hybridized carbons (Fsp3) is 0. The van der Waals surface area contributed by atoms with E-state index in [1.54, 1.807) is 0 Å². The van der Waals surface area contributed by atoms with Crippen LogP contribution in [0.5, 0.6) is 0 Å². The van der Waals surface area contributed by atoms with Gasteiger partial charge in [0.25, 0.3) is 0 Å². The number of rotatable bonds is 6. The van der Waals surface area contributed by atoms with E-state index in [0.29, 0.717) is 0 Å². The highest BCUT2D eigenvalue weighted by Gasteiger charge is 2.21. The van der Waals surface area contributed by atoms with Crippen LogP contribution in [-0.2, 0) is 0 Å². The van der Waals surface area contributed by atoms with Crippen molar-refractivity contribution in [2.24, 2.45) is 0 Å². The molecule has 4 heteroatoms. The van der Waals surface area contributed by atoms with Crippen LogP contribution in [0.25, 0.3) is 99.2 Å². The summed E-state index contributed by atoms with van der Waals surface area (Å²) in [6.45, 7) is 0. The van der Waals surface area contributed by atoms with Gasteiger partial charge in [-0.15, -0.1) is 0 Å². The first-order valence-corrected chi connectivity index (χ1v) is 19.6. The molecule has 0 spiro atoms. The molecule has 58 heavy (non-hydrogen) atoms. The highest BCUT2D eigenvalue weighted by Crippen LogP contribution is 2.45. The van der Waals surface area contributed by atoms with E-state index >= 15 is 0 Å². The quantitative estimate of drug-likeness (QED) is 0.170. The zero-order valence-corrected chi connectivity index (χ0v) is 31.2. The van der Waals surface area contributed by atoms with E-state index < -0.39 is 0 Å². The Hall–Kier alpha value is -7.82. The predicted molar refractivity (Wildman–Crippen MR) is 239 cm³/mol. The highest BCUT2D eigenvalue weighted by atomic mass is 16.3. The van der Waals surface area contributed by atoms with Gasteiger partial charge in [0.05, 0.1) is 11.1 Å². The molecule has 9 aromatic carbocycles. The van der Waals surface area contributed by atoms with Crippen LogP contribution in [-0.4, -0.2) is 0 Å². The molecule has 0 aliphatic rings. The normalized spacial score (nSPS) is 11.8. The Morgan fingerprint density at radius 3 is 1.50 bits per heavy atom. The third kappa shape index (κ3) is 5.09. The Kier molecular flexibility index (Phi) is 7.20. The summed E-state index contributed by atoms with van der Waals surface area (Å²) in [4.78, 5) is 2.33. The van der Waals surface area contributed by atoms with Crippen molar-refractivity contribution in [2.75, 3.05) is 4.90 Å². The number of furan rings is 3. The monoisotopic (exact) mass is 743 g/mol. The summed E-state index contributed by atoms with van der Waals surface area (Å²) in [6.07, 6.45) is 0. The molecule has 0 saturated heterocycles. The third-order valence-corrected chi connectivity index (χ3v) is 11.5. The molecule has 3 aromatic heterocycles. The van der Waals surface area contributed by atoms with Crippen LogP contribution in [0.1, 0.15) is 0 Å². The van der Waals surface area contributed by atoms with Crippen LogP contribution in [0.2, 0.25) is 0 Å². The minimum absolute atomic E-state index is 0.851. The van der Waals surface area contributed by atoms with Gasteiger partial charge in [-0.1, -0.05) is 140 Å². The second kappa shape index (κ2) is 12.9. The summed E-state index contributed by atoms with van der Waals surface area (Å²) in [5.41, 5.74) is 15.1. The van der Waals surface area contributed by atoms with Crippen molar-refractivity contribution < 1.29 is 13.3 Å². The molecule has 0 unspecified atom stereocenters. The first-order chi connectivity index (χ1) is 28.7. The van der Waals surface area contributed by atoms with Gasteiger partial charge in [-0.2, -0.15) is 0 Å². The van der Waals surface area contributed by atoms with E-state index in [2.05, 4.69) is 175 Å². The summed E-state index contributed by atoms with van der Waals surface area (Å²) < 4.78 is 19.3. The lowest BCUT2D eigenvalue weighted by Gasteiger charge is -2.26. The van der Waals surface area contributed by atoms with Gasteiger partial charge in [0.2, 0.25) is 0 Å². The molecule has 0 aliphatic carbocycles. The Morgan fingerprint density at radius 2 is 0.793 bits per heavy atom. The number of hydrogen-bond donors (Lipinski definition) is 0. The molecular formula is C54H33NO3. The van der Waals surface area contributed by atoms with Gasteiger partial charge in [0.1, 0.15) is 33.5 Å². The van der Waals surface area contributed by atoms with Crippen molar-refractivity contribution in [3.8, 4) is 33.4 Å². The Balaban J connectivity index is 0.970. The molecule has 0 aliphatic heterocycles. The number of para-hydroxylation sites is 4. The third-order valence-electron chi connectivity index (χ3n) is 11.5. The minimum Gasteiger partial charge on any atom is -0.456 e. The summed E-state index contributed by atoms with van der Waals surface area (Å²) in [5.74, 6) is 0. The van der Waals surface area contributed by atoms with Gasteiger partial charge >= 0.3 is 0 Å². The lowest BCUT2D eigenvalue weighted by molar-refractivity contribution is 0.669. The molecule has 3 heterocycles. The highest BCUT2D eigenvalue weighted by molar-refractivity contribution is 6.14. The number of fused-ring (bicyclic) bond motifs is 9. The molecular weight excluding hydrogens is 711 g/mol. The predicted octanol–water partition coefficient (Wildman–Crippen LogP) is 15.9.